The monoisotopic (exact) mass is 252 g/mol. The van der Waals surface area contributed by atoms with E-state index in [9.17, 15) is 0 Å². The topological polar surface area (TPSA) is 81.6 Å². The molecule has 0 atom stereocenters. The zero-order valence-electron chi connectivity index (χ0n) is 9.17. The van der Waals surface area contributed by atoms with Crippen molar-refractivity contribution in [3.8, 4) is 0 Å². The van der Waals surface area contributed by atoms with E-state index >= 15 is 0 Å². The van der Waals surface area contributed by atoms with Crippen LogP contribution in [0.5, 0.6) is 0 Å². The SMILES string of the molecule is Nc1c(Cl)ncnc1NCCCn1ccnc1. The second-order valence-corrected chi connectivity index (χ2v) is 3.87. The Labute approximate surface area is 104 Å². The van der Waals surface area contributed by atoms with E-state index in [-0.39, 0.29) is 5.15 Å². The lowest BCUT2D eigenvalue weighted by molar-refractivity contribution is 0.660. The van der Waals surface area contributed by atoms with Gasteiger partial charge in [0.05, 0.1) is 6.33 Å². The minimum Gasteiger partial charge on any atom is -0.393 e. The van der Waals surface area contributed by atoms with E-state index in [1.54, 1.807) is 12.5 Å². The number of nitrogens with zero attached hydrogens (tertiary/aromatic N) is 4. The molecule has 6 nitrogen and oxygen atoms in total. The minimum absolute atomic E-state index is 0.275. The number of nitrogens with two attached hydrogens (primary N) is 1. The summed E-state index contributed by atoms with van der Waals surface area (Å²) in [7, 11) is 0. The maximum absolute atomic E-state index is 5.78. The van der Waals surface area contributed by atoms with E-state index in [0.717, 1.165) is 19.5 Å². The van der Waals surface area contributed by atoms with Crippen molar-refractivity contribution in [1.29, 1.82) is 0 Å². The van der Waals surface area contributed by atoms with Crippen molar-refractivity contribution in [3.63, 3.8) is 0 Å². The van der Waals surface area contributed by atoms with E-state index in [1.807, 2.05) is 10.8 Å². The van der Waals surface area contributed by atoms with E-state index in [0.29, 0.717) is 11.5 Å². The van der Waals surface area contributed by atoms with Crippen molar-refractivity contribution in [3.05, 3.63) is 30.2 Å². The lowest BCUT2D eigenvalue weighted by Gasteiger charge is -2.08. The Kier molecular flexibility index (Phi) is 3.77. The molecule has 0 bridgehead atoms. The lowest BCUT2D eigenvalue weighted by Crippen LogP contribution is -2.09. The summed E-state index contributed by atoms with van der Waals surface area (Å²) >= 11 is 5.78. The Morgan fingerprint density at radius 2 is 2.29 bits per heavy atom. The first-order chi connectivity index (χ1) is 8.27. The largest absolute Gasteiger partial charge is 0.393 e. The molecular weight excluding hydrogens is 240 g/mol. The average Bonchev–Trinajstić information content (AvgIpc) is 2.83. The van der Waals surface area contributed by atoms with Crippen LogP contribution in [0.1, 0.15) is 6.42 Å². The molecule has 2 aromatic heterocycles. The van der Waals surface area contributed by atoms with Gasteiger partial charge in [0.25, 0.3) is 0 Å². The van der Waals surface area contributed by atoms with Crippen LogP contribution in [0.3, 0.4) is 0 Å². The third-order valence-electron chi connectivity index (χ3n) is 2.28. The summed E-state index contributed by atoms with van der Waals surface area (Å²) in [5, 5.41) is 3.40. The van der Waals surface area contributed by atoms with Crippen LogP contribution in [-0.2, 0) is 6.54 Å². The smallest absolute Gasteiger partial charge is 0.157 e. The normalized spacial score (nSPS) is 10.4. The fourth-order valence-electron chi connectivity index (χ4n) is 1.40. The average molecular weight is 253 g/mol. The van der Waals surface area contributed by atoms with Gasteiger partial charge in [0.15, 0.2) is 11.0 Å². The second kappa shape index (κ2) is 5.49. The third-order valence-corrected chi connectivity index (χ3v) is 2.58. The maximum atomic E-state index is 5.78. The predicted molar refractivity (Wildman–Crippen MR) is 66.8 cm³/mol. The first kappa shape index (κ1) is 11.7. The number of imidazole rings is 1. The van der Waals surface area contributed by atoms with Crippen molar-refractivity contribution < 1.29 is 0 Å². The van der Waals surface area contributed by atoms with Crippen molar-refractivity contribution in [1.82, 2.24) is 19.5 Å². The van der Waals surface area contributed by atoms with Gasteiger partial charge in [0.2, 0.25) is 0 Å². The number of hydrogen-bond acceptors (Lipinski definition) is 5. The van der Waals surface area contributed by atoms with Gasteiger partial charge in [0.1, 0.15) is 12.0 Å². The maximum Gasteiger partial charge on any atom is 0.157 e. The second-order valence-electron chi connectivity index (χ2n) is 3.51. The van der Waals surface area contributed by atoms with E-state index in [4.69, 9.17) is 17.3 Å². The molecule has 0 aliphatic heterocycles. The van der Waals surface area contributed by atoms with E-state index in [2.05, 4.69) is 20.3 Å². The molecule has 90 valence electrons. The number of aromatic nitrogens is 4. The molecule has 0 saturated heterocycles. The van der Waals surface area contributed by atoms with E-state index < -0.39 is 0 Å². The molecule has 0 fully saturated rings. The molecule has 17 heavy (non-hydrogen) atoms. The highest BCUT2D eigenvalue weighted by Crippen LogP contribution is 2.21. The fraction of sp³-hybridized carbons (Fsp3) is 0.300. The molecule has 0 aliphatic carbocycles. The van der Waals surface area contributed by atoms with Gasteiger partial charge in [-0.3, -0.25) is 0 Å². The summed E-state index contributed by atoms with van der Waals surface area (Å²) in [6.45, 7) is 1.65. The van der Waals surface area contributed by atoms with Crippen LogP contribution in [0.25, 0.3) is 0 Å². The molecule has 0 unspecified atom stereocenters. The highest BCUT2D eigenvalue weighted by atomic mass is 35.5. The van der Waals surface area contributed by atoms with Crippen LogP contribution in [0.2, 0.25) is 5.15 Å². The molecular formula is C10H13ClN6. The quantitative estimate of drug-likeness (QED) is 0.621. The van der Waals surface area contributed by atoms with Crippen LogP contribution in [0.4, 0.5) is 11.5 Å². The Morgan fingerprint density at radius 3 is 3.06 bits per heavy atom. The van der Waals surface area contributed by atoms with Gasteiger partial charge in [-0.25, -0.2) is 15.0 Å². The third kappa shape index (κ3) is 3.07. The van der Waals surface area contributed by atoms with Crippen LogP contribution < -0.4 is 11.1 Å². The Bertz CT molecular complexity index is 470. The van der Waals surface area contributed by atoms with E-state index in [1.165, 1.54) is 6.33 Å². The highest BCUT2D eigenvalue weighted by molar-refractivity contribution is 6.32. The minimum atomic E-state index is 0.275. The van der Waals surface area contributed by atoms with Crippen molar-refractivity contribution in [2.75, 3.05) is 17.6 Å². The standard InChI is InChI=1S/C10H13ClN6/c11-9-8(12)10(16-6-15-9)14-2-1-4-17-5-3-13-7-17/h3,5-7H,1-2,4,12H2,(H,14,15,16). The zero-order valence-corrected chi connectivity index (χ0v) is 9.93. The molecule has 0 spiro atoms. The number of nitrogens with one attached hydrogen (secondary N) is 1. The molecule has 2 heterocycles. The van der Waals surface area contributed by atoms with Gasteiger partial charge >= 0.3 is 0 Å². The molecule has 0 aromatic carbocycles. The summed E-state index contributed by atoms with van der Waals surface area (Å²) in [4.78, 5) is 11.8. The Morgan fingerprint density at radius 1 is 1.41 bits per heavy atom. The molecule has 7 heteroatoms. The first-order valence-corrected chi connectivity index (χ1v) is 5.61. The predicted octanol–water partition coefficient (Wildman–Crippen LogP) is 1.41. The van der Waals surface area contributed by atoms with Gasteiger partial charge in [0, 0.05) is 25.5 Å². The van der Waals surface area contributed by atoms with Gasteiger partial charge in [-0.05, 0) is 6.42 Å². The lowest BCUT2D eigenvalue weighted by atomic mass is 10.4. The summed E-state index contributed by atoms with van der Waals surface area (Å²) < 4.78 is 2.01. The number of nitrogen functional groups attached to an aromatic ring is 1. The number of rotatable bonds is 5. The molecule has 2 rings (SSSR count). The summed E-state index contributed by atoms with van der Waals surface area (Å²) in [5.41, 5.74) is 6.11. The summed E-state index contributed by atoms with van der Waals surface area (Å²) in [6.07, 6.45) is 7.80. The van der Waals surface area contributed by atoms with Crippen LogP contribution >= 0.6 is 11.6 Å². The van der Waals surface area contributed by atoms with Crippen LogP contribution in [0, 0.1) is 0 Å². The van der Waals surface area contributed by atoms with Gasteiger partial charge < -0.3 is 15.6 Å². The summed E-state index contributed by atoms with van der Waals surface area (Å²) in [6, 6.07) is 0. The number of anilines is 2. The zero-order chi connectivity index (χ0) is 12.1. The van der Waals surface area contributed by atoms with Crippen LogP contribution in [-0.4, -0.2) is 26.1 Å². The molecule has 2 aromatic rings. The molecule has 0 aliphatic rings. The molecule has 0 saturated carbocycles. The van der Waals surface area contributed by atoms with Gasteiger partial charge in [-0.1, -0.05) is 11.6 Å². The number of aryl methyl sites for hydroxylation is 1. The van der Waals surface area contributed by atoms with Crippen LogP contribution in [0.15, 0.2) is 25.0 Å². The molecule has 0 radical (unpaired) electrons. The van der Waals surface area contributed by atoms with Gasteiger partial charge in [-0.15, -0.1) is 0 Å². The van der Waals surface area contributed by atoms with Crippen molar-refractivity contribution in [2.45, 2.75) is 13.0 Å². The molecule has 3 N–H and O–H groups in total. The highest BCUT2D eigenvalue weighted by Gasteiger charge is 2.04. The molecule has 0 amide bonds. The fourth-order valence-corrected chi connectivity index (χ4v) is 1.54. The number of hydrogen-bond donors (Lipinski definition) is 2. The Hall–Kier alpha value is -1.82. The first-order valence-electron chi connectivity index (χ1n) is 5.23. The Balaban J connectivity index is 1.80. The number of halogens is 1. The summed E-state index contributed by atoms with van der Waals surface area (Å²) in [5.74, 6) is 0.579. The van der Waals surface area contributed by atoms with Gasteiger partial charge in [-0.2, -0.15) is 0 Å². The van der Waals surface area contributed by atoms with Crippen molar-refractivity contribution >= 4 is 23.1 Å². The van der Waals surface area contributed by atoms with Crippen molar-refractivity contribution in [2.24, 2.45) is 0 Å².